The second kappa shape index (κ2) is 9.18. The lowest BCUT2D eigenvalue weighted by Crippen LogP contribution is -2.46. The number of hydrogen-bond acceptors (Lipinski definition) is 4. The molecular formula is C23H18F2N2O3S. The monoisotopic (exact) mass is 440 g/mol. The van der Waals surface area contributed by atoms with Crippen molar-refractivity contribution in [1.82, 2.24) is 5.32 Å². The third kappa shape index (κ3) is 4.86. The summed E-state index contributed by atoms with van der Waals surface area (Å²) in [5, 5.41) is 4.35. The molecule has 0 bridgehead atoms. The number of alkyl carbamates (subject to hydrolysis) is 1. The van der Waals surface area contributed by atoms with Gasteiger partial charge in [0.25, 0.3) is 0 Å². The fraction of sp³-hybridized carbons (Fsp3) is 0.130. The first kappa shape index (κ1) is 20.9. The summed E-state index contributed by atoms with van der Waals surface area (Å²) in [5.74, 6) is -1.86. The molecule has 1 aliphatic rings. The molecule has 0 saturated heterocycles. The minimum atomic E-state index is -1.20. The van der Waals surface area contributed by atoms with Crippen molar-refractivity contribution < 1.29 is 23.1 Å². The van der Waals surface area contributed by atoms with E-state index < -0.39 is 34.9 Å². The van der Waals surface area contributed by atoms with Crippen LogP contribution in [0.3, 0.4) is 0 Å². The number of para-hydroxylation sites is 1. The molecule has 4 rings (SSSR count). The largest absolute Gasteiger partial charge is 0.445 e. The van der Waals surface area contributed by atoms with Crippen molar-refractivity contribution in [3.63, 3.8) is 0 Å². The molecule has 1 heterocycles. The molecule has 8 heteroatoms. The van der Waals surface area contributed by atoms with Crippen LogP contribution in [0.15, 0.2) is 77.7 Å². The summed E-state index contributed by atoms with van der Waals surface area (Å²) >= 11 is 1.16. The van der Waals surface area contributed by atoms with Gasteiger partial charge in [0, 0.05) is 10.5 Å². The fourth-order valence-electron chi connectivity index (χ4n) is 3.23. The first-order chi connectivity index (χ1) is 15.0. The van der Waals surface area contributed by atoms with Gasteiger partial charge >= 0.3 is 6.09 Å². The highest BCUT2D eigenvalue weighted by atomic mass is 32.2. The standard InChI is InChI=1S/C23H18F2N2O3S/c24-15-10-11-17(25)16(12-15)21-20(22(28)26-18-8-4-5-9-19(18)31-21)27-23(29)30-13-14-6-2-1-3-7-14/h1-12,20-21H,13H2,(H,26,28)(H,27,29)/t20-,21+/m1/s1. The van der Waals surface area contributed by atoms with Crippen LogP contribution in [0.2, 0.25) is 0 Å². The Hall–Kier alpha value is -3.39. The van der Waals surface area contributed by atoms with Gasteiger partial charge in [0.2, 0.25) is 5.91 Å². The maximum Gasteiger partial charge on any atom is 0.408 e. The van der Waals surface area contributed by atoms with Gasteiger partial charge in [-0.05, 0) is 35.9 Å². The topological polar surface area (TPSA) is 67.4 Å². The van der Waals surface area contributed by atoms with Crippen molar-refractivity contribution >= 4 is 29.4 Å². The summed E-state index contributed by atoms with van der Waals surface area (Å²) in [4.78, 5) is 26.1. The van der Waals surface area contributed by atoms with Gasteiger partial charge in [0.1, 0.15) is 24.3 Å². The van der Waals surface area contributed by atoms with Crippen LogP contribution in [0, 0.1) is 11.6 Å². The van der Waals surface area contributed by atoms with Crippen molar-refractivity contribution in [2.24, 2.45) is 0 Å². The maximum absolute atomic E-state index is 14.6. The van der Waals surface area contributed by atoms with Gasteiger partial charge in [0.15, 0.2) is 0 Å². The Labute approximate surface area is 181 Å². The summed E-state index contributed by atoms with van der Waals surface area (Å²) < 4.78 is 33.7. The van der Waals surface area contributed by atoms with E-state index in [9.17, 15) is 18.4 Å². The van der Waals surface area contributed by atoms with E-state index in [1.807, 2.05) is 18.2 Å². The Kier molecular flexibility index (Phi) is 6.18. The first-order valence-corrected chi connectivity index (χ1v) is 10.4. The van der Waals surface area contributed by atoms with Crippen molar-refractivity contribution in [3.05, 3.63) is 95.6 Å². The number of fused-ring (bicyclic) bond motifs is 1. The third-order valence-electron chi connectivity index (χ3n) is 4.73. The van der Waals surface area contributed by atoms with Crippen LogP contribution in [-0.4, -0.2) is 18.0 Å². The molecule has 5 nitrogen and oxygen atoms in total. The molecule has 0 fully saturated rings. The molecule has 2 N–H and O–H groups in total. The quantitative estimate of drug-likeness (QED) is 0.596. The summed E-state index contributed by atoms with van der Waals surface area (Å²) in [6.45, 7) is 0.00732. The van der Waals surface area contributed by atoms with Crippen molar-refractivity contribution in [1.29, 1.82) is 0 Å². The Morgan fingerprint density at radius 1 is 1.03 bits per heavy atom. The zero-order valence-corrected chi connectivity index (χ0v) is 17.0. The number of carbonyl (C=O) groups excluding carboxylic acids is 2. The third-order valence-corrected chi connectivity index (χ3v) is 6.12. The summed E-state index contributed by atoms with van der Waals surface area (Å²) in [5.41, 5.74) is 1.28. The fourth-order valence-corrected chi connectivity index (χ4v) is 4.55. The minimum absolute atomic E-state index is 0.00732. The second-order valence-electron chi connectivity index (χ2n) is 6.87. The molecule has 0 saturated carbocycles. The van der Waals surface area contributed by atoms with Crippen LogP contribution >= 0.6 is 11.8 Å². The molecule has 31 heavy (non-hydrogen) atoms. The van der Waals surface area contributed by atoms with Gasteiger partial charge in [-0.15, -0.1) is 11.8 Å². The number of anilines is 1. The SMILES string of the molecule is O=C(N[C@H]1C(=O)Nc2ccccc2S[C@H]1c1cc(F)ccc1F)OCc1ccccc1. The van der Waals surface area contributed by atoms with Crippen LogP contribution in [0.5, 0.6) is 0 Å². The Morgan fingerprint density at radius 3 is 2.58 bits per heavy atom. The Bertz CT molecular complexity index is 1110. The minimum Gasteiger partial charge on any atom is -0.445 e. The molecule has 1 aliphatic heterocycles. The molecule has 0 spiro atoms. The lowest BCUT2D eigenvalue weighted by molar-refractivity contribution is -0.118. The molecule has 2 atom stereocenters. The van der Waals surface area contributed by atoms with E-state index in [2.05, 4.69) is 10.6 Å². The van der Waals surface area contributed by atoms with E-state index in [0.29, 0.717) is 10.6 Å². The summed E-state index contributed by atoms with van der Waals surface area (Å²) in [7, 11) is 0. The zero-order chi connectivity index (χ0) is 21.8. The molecule has 0 aliphatic carbocycles. The van der Waals surface area contributed by atoms with Crippen LogP contribution in [0.4, 0.5) is 19.3 Å². The number of hydrogen-bond donors (Lipinski definition) is 2. The highest BCUT2D eigenvalue weighted by Gasteiger charge is 2.37. The molecule has 3 aromatic rings. The highest BCUT2D eigenvalue weighted by Crippen LogP contribution is 2.44. The van der Waals surface area contributed by atoms with Crippen LogP contribution in [-0.2, 0) is 16.1 Å². The first-order valence-electron chi connectivity index (χ1n) is 9.50. The van der Waals surface area contributed by atoms with Crippen molar-refractivity contribution in [2.45, 2.75) is 22.8 Å². The normalized spacial score (nSPS) is 17.8. The van der Waals surface area contributed by atoms with E-state index in [0.717, 1.165) is 35.5 Å². The Morgan fingerprint density at radius 2 is 1.77 bits per heavy atom. The Balaban J connectivity index is 1.62. The number of nitrogens with one attached hydrogen (secondary N) is 2. The average Bonchev–Trinajstić information content (AvgIpc) is 2.91. The number of thioether (sulfide) groups is 1. The van der Waals surface area contributed by atoms with E-state index >= 15 is 0 Å². The van der Waals surface area contributed by atoms with Gasteiger partial charge < -0.3 is 15.4 Å². The van der Waals surface area contributed by atoms with Crippen LogP contribution in [0.1, 0.15) is 16.4 Å². The predicted octanol–water partition coefficient (Wildman–Crippen LogP) is 5.05. The maximum atomic E-state index is 14.6. The summed E-state index contributed by atoms with van der Waals surface area (Å²) in [6.07, 6.45) is -0.836. The molecular weight excluding hydrogens is 422 g/mol. The van der Waals surface area contributed by atoms with E-state index in [1.165, 1.54) is 0 Å². The van der Waals surface area contributed by atoms with Gasteiger partial charge in [-0.3, -0.25) is 4.79 Å². The molecule has 3 aromatic carbocycles. The highest BCUT2D eigenvalue weighted by molar-refractivity contribution is 7.99. The van der Waals surface area contributed by atoms with Gasteiger partial charge in [-0.1, -0.05) is 42.5 Å². The van der Waals surface area contributed by atoms with Gasteiger partial charge in [-0.2, -0.15) is 0 Å². The number of rotatable bonds is 4. The van der Waals surface area contributed by atoms with Gasteiger partial charge in [-0.25, -0.2) is 13.6 Å². The molecule has 0 unspecified atom stereocenters. The molecule has 0 aromatic heterocycles. The lowest BCUT2D eigenvalue weighted by atomic mass is 10.0. The second-order valence-corrected chi connectivity index (χ2v) is 8.06. The smallest absolute Gasteiger partial charge is 0.408 e. The zero-order valence-electron chi connectivity index (χ0n) is 16.2. The van der Waals surface area contributed by atoms with Crippen molar-refractivity contribution in [2.75, 3.05) is 5.32 Å². The molecule has 2 amide bonds. The summed E-state index contributed by atoms with van der Waals surface area (Å²) in [6, 6.07) is 17.9. The van der Waals surface area contributed by atoms with Crippen LogP contribution in [0.25, 0.3) is 0 Å². The van der Waals surface area contributed by atoms with E-state index in [4.69, 9.17) is 4.74 Å². The number of ether oxygens (including phenoxy) is 1. The van der Waals surface area contributed by atoms with Crippen molar-refractivity contribution in [3.8, 4) is 0 Å². The lowest BCUT2D eigenvalue weighted by Gasteiger charge is -2.24. The molecule has 0 radical (unpaired) electrons. The number of amides is 2. The van der Waals surface area contributed by atoms with Gasteiger partial charge in [0.05, 0.1) is 10.9 Å². The molecule has 158 valence electrons. The number of halogens is 2. The van der Waals surface area contributed by atoms with E-state index in [-0.39, 0.29) is 12.2 Å². The predicted molar refractivity (Wildman–Crippen MR) is 114 cm³/mol. The van der Waals surface area contributed by atoms with Crippen LogP contribution < -0.4 is 10.6 Å². The number of carbonyl (C=O) groups is 2. The average molecular weight is 440 g/mol. The number of benzene rings is 3. The van der Waals surface area contributed by atoms with E-state index in [1.54, 1.807) is 36.4 Å².